The number of alkyl halides is 1. The van der Waals surface area contributed by atoms with Crippen LogP contribution in [0.4, 0.5) is 0 Å². The van der Waals surface area contributed by atoms with Crippen molar-refractivity contribution in [1.82, 2.24) is 0 Å². The van der Waals surface area contributed by atoms with Crippen LogP contribution >= 0.6 is 15.9 Å². The van der Waals surface area contributed by atoms with Crippen LogP contribution in [0, 0.1) is 0 Å². The lowest BCUT2D eigenvalue weighted by Crippen LogP contribution is -2.05. The Morgan fingerprint density at radius 3 is 2.31 bits per heavy atom. The van der Waals surface area contributed by atoms with E-state index in [0.29, 0.717) is 4.83 Å². The molecule has 0 aliphatic rings. The second kappa shape index (κ2) is 10.5. The largest absolute Gasteiger partial charge is 0.384 e. The van der Waals surface area contributed by atoms with E-state index in [2.05, 4.69) is 22.9 Å². The van der Waals surface area contributed by atoms with Gasteiger partial charge in [0.15, 0.2) is 0 Å². The van der Waals surface area contributed by atoms with Crippen molar-refractivity contribution < 1.29 is 4.74 Å². The van der Waals surface area contributed by atoms with Gasteiger partial charge in [-0.2, -0.15) is 0 Å². The van der Waals surface area contributed by atoms with Crippen LogP contribution in [0.25, 0.3) is 0 Å². The standard InChI is InChI=1S/C11H23BrO/c1-3-4-5-6-7-8-9-11(12)10-13-2/h11H,3-10H2,1-2H3. The highest BCUT2D eigenvalue weighted by molar-refractivity contribution is 9.09. The van der Waals surface area contributed by atoms with Crippen molar-refractivity contribution in [3.05, 3.63) is 0 Å². The smallest absolute Gasteiger partial charge is 0.0587 e. The predicted molar refractivity (Wildman–Crippen MR) is 62.6 cm³/mol. The molecule has 0 spiro atoms. The monoisotopic (exact) mass is 250 g/mol. The summed E-state index contributed by atoms with van der Waals surface area (Å²) in [6, 6.07) is 0. The molecule has 0 rings (SSSR count). The molecule has 1 atom stereocenters. The molecule has 0 bridgehead atoms. The van der Waals surface area contributed by atoms with Gasteiger partial charge in [0, 0.05) is 11.9 Å². The first-order chi connectivity index (χ1) is 6.31. The zero-order valence-corrected chi connectivity index (χ0v) is 10.6. The SMILES string of the molecule is CCCCCCCCC(Br)COC. The van der Waals surface area contributed by atoms with Crippen LogP contribution in [0.2, 0.25) is 0 Å². The van der Waals surface area contributed by atoms with E-state index in [1.54, 1.807) is 7.11 Å². The number of methoxy groups -OCH3 is 1. The topological polar surface area (TPSA) is 9.23 Å². The summed E-state index contributed by atoms with van der Waals surface area (Å²) in [5.41, 5.74) is 0. The molecule has 0 aromatic heterocycles. The third kappa shape index (κ3) is 10.4. The Morgan fingerprint density at radius 2 is 1.69 bits per heavy atom. The Bertz CT molecular complexity index is 96.1. The minimum Gasteiger partial charge on any atom is -0.384 e. The average Bonchev–Trinajstić information content (AvgIpc) is 2.11. The van der Waals surface area contributed by atoms with Gasteiger partial charge in [-0.25, -0.2) is 0 Å². The zero-order chi connectivity index (χ0) is 9.94. The highest BCUT2D eigenvalue weighted by Gasteiger charge is 2.01. The Balaban J connectivity index is 2.97. The summed E-state index contributed by atoms with van der Waals surface area (Å²) in [5.74, 6) is 0. The van der Waals surface area contributed by atoms with Gasteiger partial charge in [-0.05, 0) is 6.42 Å². The molecule has 0 aliphatic carbocycles. The number of rotatable bonds is 9. The summed E-state index contributed by atoms with van der Waals surface area (Å²) in [7, 11) is 1.76. The maximum atomic E-state index is 5.05. The number of ether oxygens (including phenoxy) is 1. The highest BCUT2D eigenvalue weighted by Crippen LogP contribution is 2.13. The van der Waals surface area contributed by atoms with Crippen LogP contribution in [0.3, 0.4) is 0 Å². The molecule has 0 amide bonds. The van der Waals surface area contributed by atoms with Crippen LogP contribution in [-0.4, -0.2) is 18.5 Å². The number of hydrogen-bond acceptors (Lipinski definition) is 1. The van der Waals surface area contributed by atoms with Crippen molar-refractivity contribution in [2.45, 2.75) is 56.7 Å². The van der Waals surface area contributed by atoms with E-state index in [4.69, 9.17) is 4.74 Å². The normalized spacial score (nSPS) is 13.2. The molecular weight excluding hydrogens is 228 g/mol. The van der Waals surface area contributed by atoms with E-state index in [-0.39, 0.29) is 0 Å². The van der Waals surface area contributed by atoms with Crippen LogP contribution in [0.15, 0.2) is 0 Å². The molecule has 0 radical (unpaired) electrons. The van der Waals surface area contributed by atoms with Crippen molar-refractivity contribution in [2.75, 3.05) is 13.7 Å². The van der Waals surface area contributed by atoms with Crippen LogP contribution in [0.1, 0.15) is 51.9 Å². The fourth-order valence-electron chi connectivity index (χ4n) is 1.41. The van der Waals surface area contributed by atoms with Crippen LogP contribution in [0.5, 0.6) is 0 Å². The summed E-state index contributed by atoms with van der Waals surface area (Å²) in [6.07, 6.45) is 9.52. The van der Waals surface area contributed by atoms with Crippen LogP contribution < -0.4 is 0 Å². The van der Waals surface area contributed by atoms with Gasteiger partial charge in [0.25, 0.3) is 0 Å². The zero-order valence-electron chi connectivity index (χ0n) is 9.02. The molecule has 0 N–H and O–H groups in total. The van der Waals surface area contributed by atoms with Gasteiger partial charge in [-0.3, -0.25) is 0 Å². The van der Waals surface area contributed by atoms with Gasteiger partial charge in [0.05, 0.1) is 6.61 Å². The van der Waals surface area contributed by atoms with E-state index >= 15 is 0 Å². The van der Waals surface area contributed by atoms with Crippen molar-refractivity contribution in [1.29, 1.82) is 0 Å². The fraction of sp³-hybridized carbons (Fsp3) is 1.00. The Morgan fingerprint density at radius 1 is 1.08 bits per heavy atom. The lowest BCUT2D eigenvalue weighted by atomic mass is 10.1. The minimum absolute atomic E-state index is 0.559. The van der Waals surface area contributed by atoms with E-state index < -0.39 is 0 Å². The molecule has 2 heteroatoms. The summed E-state index contributed by atoms with van der Waals surface area (Å²) in [5, 5.41) is 0. The molecule has 0 saturated carbocycles. The van der Waals surface area contributed by atoms with Crippen molar-refractivity contribution >= 4 is 15.9 Å². The maximum absolute atomic E-state index is 5.05. The quantitative estimate of drug-likeness (QED) is 0.442. The summed E-state index contributed by atoms with van der Waals surface area (Å²) >= 11 is 3.60. The second-order valence-electron chi connectivity index (χ2n) is 3.61. The molecule has 0 aliphatic heterocycles. The first-order valence-electron chi connectivity index (χ1n) is 5.44. The lowest BCUT2D eigenvalue weighted by molar-refractivity contribution is 0.197. The number of hydrogen-bond donors (Lipinski definition) is 0. The highest BCUT2D eigenvalue weighted by atomic mass is 79.9. The van der Waals surface area contributed by atoms with Gasteiger partial charge < -0.3 is 4.74 Å². The Labute approximate surface area is 91.4 Å². The maximum Gasteiger partial charge on any atom is 0.0587 e. The van der Waals surface area contributed by atoms with E-state index in [0.717, 1.165) is 6.61 Å². The molecule has 0 heterocycles. The molecule has 1 unspecified atom stereocenters. The molecule has 1 nitrogen and oxygen atoms in total. The Kier molecular flexibility index (Phi) is 10.9. The second-order valence-corrected chi connectivity index (χ2v) is 4.90. The molecule has 13 heavy (non-hydrogen) atoms. The molecular formula is C11H23BrO. The first kappa shape index (κ1) is 13.4. The van der Waals surface area contributed by atoms with Gasteiger partial charge in [0.2, 0.25) is 0 Å². The van der Waals surface area contributed by atoms with Gasteiger partial charge >= 0.3 is 0 Å². The minimum atomic E-state index is 0.559. The third-order valence-electron chi connectivity index (χ3n) is 2.22. The average molecular weight is 251 g/mol. The van der Waals surface area contributed by atoms with E-state index in [1.807, 2.05) is 0 Å². The molecule has 0 aromatic rings. The van der Waals surface area contributed by atoms with Crippen molar-refractivity contribution in [3.63, 3.8) is 0 Å². The molecule has 80 valence electrons. The summed E-state index contributed by atoms with van der Waals surface area (Å²) in [4.78, 5) is 0.559. The van der Waals surface area contributed by atoms with E-state index in [1.165, 1.54) is 44.9 Å². The molecule has 0 fully saturated rings. The molecule has 0 aromatic carbocycles. The lowest BCUT2D eigenvalue weighted by Gasteiger charge is -2.07. The fourth-order valence-corrected chi connectivity index (χ4v) is 2.00. The van der Waals surface area contributed by atoms with Gasteiger partial charge in [-0.15, -0.1) is 0 Å². The van der Waals surface area contributed by atoms with Gasteiger partial charge in [0.1, 0.15) is 0 Å². The van der Waals surface area contributed by atoms with Crippen molar-refractivity contribution in [3.8, 4) is 0 Å². The Hall–Kier alpha value is 0.440. The number of unbranched alkanes of at least 4 members (excludes halogenated alkanes) is 5. The van der Waals surface area contributed by atoms with Crippen molar-refractivity contribution in [2.24, 2.45) is 0 Å². The predicted octanol–water partition coefficient (Wildman–Crippen LogP) is 4.15. The number of halogens is 1. The van der Waals surface area contributed by atoms with Gasteiger partial charge in [-0.1, -0.05) is 61.4 Å². The van der Waals surface area contributed by atoms with Crippen LogP contribution in [-0.2, 0) is 4.74 Å². The molecule has 0 saturated heterocycles. The third-order valence-corrected chi connectivity index (χ3v) is 2.94. The summed E-state index contributed by atoms with van der Waals surface area (Å²) in [6.45, 7) is 3.10. The summed E-state index contributed by atoms with van der Waals surface area (Å²) < 4.78 is 5.05. The van der Waals surface area contributed by atoms with E-state index in [9.17, 15) is 0 Å². The first-order valence-corrected chi connectivity index (χ1v) is 6.35.